The van der Waals surface area contributed by atoms with Crippen molar-refractivity contribution in [2.75, 3.05) is 18.5 Å². The Morgan fingerprint density at radius 3 is 2.37 bits per heavy atom. The van der Waals surface area contributed by atoms with Crippen LogP contribution in [-0.4, -0.2) is 19.1 Å². The lowest BCUT2D eigenvalue weighted by Crippen LogP contribution is -2.13. The summed E-state index contributed by atoms with van der Waals surface area (Å²) < 4.78 is 17.3. The molecule has 0 heterocycles. The second kappa shape index (κ2) is 12.7. The zero-order valence-corrected chi connectivity index (χ0v) is 21.9. The molecule has 1 N–H and O–H groups in total. The van der Waals surface area contributed by atoms with Crippen molar-refractivity contribution in [1.29, 1.82) is 5.26 Å². The number of carbonyl (C=O) groups is 1. The molecule has 0 atom stereocenters. The first kappa shape index (κ1) is 26.6. The molecule has 7 heteroatoms. The molecule has 4 aromatic rings. The summed E-state index contributed by atoms with van der Waals surface area (Å²) in [5.41, 5.74) is 1.99. The lowest BCUT2D eigenvalue weighted by molar-refractivity contribution is -0.112. The SMILES string of the molecule is CCOc1ccc(NC(=O)/C(C#N)=C/c2cc(Cl)c(OCc3ccc4ccccc4c3)c(OCC)c2)cc1. The third-order valence-corrected chi connectivity index (χ3v) is 5.91. The van der Waals surface area contributed by atoms with Crippen LogP contribution in [0.3, 0.4) is 0 Å². The number of nitrogens with zero attached hydrogens (tertiary/aromatic N) is 1. The van der Waals surface area contributed by atoms with E-state index >= 15 is 0 Å². The van der Waals surface area contributed by atoms with Gasteiger partial charge in [-0.3, -0.25) is 4.79 Å². The predicted octanol–water partition coefficient (Wildman–Crippen LogP) is 7.42. The molecule has 4 aromatic carbocycles. The molecule has 0 unspecified atom stereocenters. The van der Waals surface area contributed by atoms with Crippen molar-refractivity contribution in [3.8, 4) is 23.3 Å². The number of halogens is 1. The topological polar surface area (TPSA) is 80.6 Å². The fraction of sp³-hybridized carbons (Fsp3) is 0.161. The van der Waals surface area contributed by atoms with E-state index in [2.05, 4.69) is 29.6 Å². The van der Waals surface area contributed by atoms with Crippen LogP contribution in [0.1, 0.15) is 25.0 Å². The summed E-state index contributed by atoms with van der Waals surface area (Å²) in [6.07, 6.45) is 1.46. The molecule has 38 heavy (non-hydrogen) atoms. The van der Waals surface area contributed by atoms with Crippen LogP contribution >= 0.6 is 11.6 Å². The summed E-state index contributed by atoms with van der Waals surface area (Å²) >= 11 is 6.58. The molecule has 6 nitrogen and oxygen atoms in total. The highest BCUT2D eigenvalue weighted by atomic mass is 35.5. The second-order valence-electron chi connectivity index (χ2n) is 8.31. The number of fused-ring (bicyclic) bond motifs is 1. The first-order chi connectivity index (χ1) is 18.5. The molecule has 0 aliphatic heterocycles. The lowest BCUT2D eigenvalue weighted by atomic mass is 10.1. The molecule has 0 fully saturated rings. The van der Waals surface area contributed by atoms with E-state index in [-0.39, 0.29) is 5.57 Å². The minimum atomic E-state index is -0.539. The fourth-order valence-corrected chi connectivity index (χ4v) is 4.15. The molecule has 192 valence electrons. The molecule has 0 radical (unpaired) electrons. The molecular weight excluding hydrogens is 500 g/mol. The van der Waals surface area contributed by atoms with Gasteiger partial charge in [0.2, 0.25) is 0 Å². The van der Waals surface area contributed by atoms with E-state index in [1.165, 1.54) is 6.08 Å². The lowest BCUT2D eigenvalue weighted by Gasteiger charge is -2.15. The minimum Gasteiger partial charge on any atom is -0.494 e. The van der Waals surface area contributed by atoms with E-state index in [1.807, 2.05) is 38.1 Å². The normalized spacial score (nSPS) is 11.1. The van der Waals surface area contributed by atoms with E-state index in [0.29, 0.717) is 53.3 Å². The molecule has 0 saturated heterocycles. The summed E-state index contributed by atoms with van der Waals surface area (Å²) in [7, 11) is 0. The van der Waals surface area contributed by atoms with Gasteiger partial charge in [0.25, 0.3) is 5.91 Å². The molecule has 1 amide bonds. The van der Waals surface area contributed by atoms with Crippen LogP contribution in [0.4, 0.5) is 5.69 Å². The number of ether oxygens (including phenoxy) is 3. The summed E-state index contributed by atoms with van der Waals surface area (Å²) in [4.78, 5) is 12.8. The van der Waals surface area contributed by atoms with Gasteiger partial charge < -0.3 is 19.5 Å². The summed E-state index contributed by atoms with van der Waals surface area (Å²) in [5, 5.41) is 15.0. The van der Waals surface area contributed by atoms with Crippen LogP contribution in [0.2, 0.25) is 5.02 Å². The highest BCUT2D eigenvalue weighted by Gasteiger charge is 2.15. The van der Waals surface area contributed by atoms with Gasteiger partial charge in [-0.25, -0.2) is 0 Å². The van der Waals surface area contributed by atoms with Crippen molar-refractivity contribution < 1.29 is 19.0 Å². The maximum Gasteiger partial charge on any atom is 0.266 e. The van der Waals surface area contributed by atoms with Crippen molar-refractivity contribution in [3.05, 3.63) is 101 Å². The second-order valence-corrected chi connectivity index (χ2v) is 8.72. The Kier molecular flexibility index (Phi) is 8.86. The first-order valence-corrected chi connectivity index (χ1v) is 12.6. The van der Waals surface area contributed by atoms with Crippen molar-refractivity contribution in [2.24, 2.45) is 0 Å². The van der Waals surface area contributed by atoms with Crippen molar-refractivity contribution in [2.45, 2.75) is 20.5 Å². The number of hydrogen-bond acceptors (Lipinski definition) is 5. The zero-order valence-electron chi connectivity index (χ0n) is 21.2. The van der Waals surface area contributed by atoms with Gasteiger partial charge in [-0.15, -0.1) is 0 Å². The van der Waals surface area contributed by atoms with Crippen LogP contribution < -0.4 is 19.5 Å². The summed E-state index contributed by atoms with van der Waals surface area (Å²) in [6, 6.07) is 26.5. The Bertz CT molecular complexity index is 1510. The number of benzene rings is 4. The summed E-state index contributed by atoms with van der Waals surface area (Å²) in [6.45, 7) is 4.99. The number of anilines is 1. The van der Waals surface area contributed by atoms with E-state index in [1.54, 1.807) is 36.4 Å². The maximum atomic E-state index is 12.8. The van der Waals surface area contributed by atoms with Crippen LogP contribution in [0, 0.1) is 11.3 Å². The fourth-order valence-electron chi connectivity index (χ4n) is 3.87. The van der Waals surface area contributed by atoms with E-state index < -0.39 is 5.91 Å². The average molecular weight is 527 g/mol. The van der Waals surface area contributed by atoms with Gasteiger partial charge in [0.05, 0.1) is 18.2 Å². The molecule has 0 bridgehead atoms. The van der Waals surface area contributed by atoms with Crippen molar-refractivity contribution >= 4 is 40.0 Å². The Morgan fingerprint density at radius 2 is 1.66 bits per heavy atom. The van der Waals surface area contributed by atoms with Gasteiger partial charge in [-0.1, -0.05) is 48.0 Å². The monoisotopic (exact) mass is 526 g/mol. The van der Waals surface area contributed by atoms with Gasteiger partial charge in [0, 0.05) is 5.69 Å². The van der Waals surface area contributed by atoms with Crippen LogP contribution in [0.15, 0.2) is 84.4 Å². The zero-order chi connectivity index (χ0) is 26.9. The van der Waals surface area contributed by atoms with Crippen molar-refractivity contribution in [3.63, 3.8) is 0 Å². The third kappa shape index (κ3) is 6.64. The number of nitrogens with one attached hydrogen (secondary N) is 1. The van der Waals surface area contributed by atoms with Gasteiger partial charge in [-0.2, -0.15) is 5.26 Å². The van der Waals surface area contributed by atoms with Gasteiger partial charge >= 0.3 is 0 Å². The predicted molar refractivity (Wildman–Crippen MR) is 151 cm³/mol. The molecule has 0 spiro atoms. The minimum absolute atomic E-state index is 0.0813. The van der Waals surface area contributed by atoms with Gasteiger partial charge in [0.15, 0.2) is 11.5 Å². The van der Waals surface area contributed by atoms with Crippen LogP contribution in [0.25, 0.3) is 16.8 Å². The first-order valence-electron chi connectivity index (χ1n) is 12.2. The standard InChI is InChI=1S/C31H27ClN2O4/c1-3-36-27-13-11-26(12-14-27)34-31(35)25(19-33)16-22-17-28(32)30(29(18-22)37-4-2)38-20-21-9-10-23-7-5-6-8-24(23)15-21/h5-18H,3-4,20H2,1-2H3,(H,34,35)/b25-16+. The number of rotatable bonds is 10. The smallest absolute Gasteiger partial charge is 0.266 e. The maximum absolute atomic E-state index is 12.8. The van der Waals surface area contributed by atoms with E-state index in [4.69, 9.17) is 25.8 Å². The molecule has 0 aliphatic carbocycles. The number of carbonyl (C=O) groups excluding carboxylic acids is 1. The average Bonchev–Trinajstić information content (AvgIpc) is 2.92. The van der Waals surface area contributed by atoms with Crippen LogP contribution in [0.5, 0.6) is 17.2 Å². The largest absolute Gasteiger partial charge is 0.494 e. The molecule has 4 rings (SSSR count). The number of hydrogen-bond donors (Lipinski definition) is 1. The molecule has 0 saturated carbocycles. The van der Waals surface area contributed by atoms with Crippen LogP contribution in [-0.2, 0) is 11.4 Å². The quantitative estimate of drug-likeness (QED) is 0.172. The van der Waals surface area contributed by atoms with E-state index in [9.17, 15) is 10.1 Å². The Balaban J connectivity index is 1.53. The molecule has 0 aromatic heterocycles. The van der Waals surface area contributed by atoms with Gasteiger partial charge in [0.1, 0.15) is 24.0 Å². The highest BCUT2D eigenvalue weighted by molar-refractivity contribution is 6.32. The van der Waals surface area contributed by atoms with E-state index in [0.717, 1.165) is 16.3 Å². The third-order valence-electron chi connectivity index (χ3n) is 5.63. The molecular formula is C31H27ClN2O4. The Labute approximate surface area is 227 Å². The highest BCUT2D eigenvalue weighted by Crippen LogP contribution is 2.38. The Morgan fingerprint density at radius 1 is 0.921 bits per heavy atom. The molecule has 0 aliphatic rings. The summed E-state index contributed by atoms with van der Waals surface area (Å²) in [5.74, 6) is 0.984. The van der Waals surface area contributed by atoms with Crippen molar-refractivity contribution in [1.82, 2.24) is 0 Å². The number of amides is 1. The Hall–Kier alpha value is -4.47. The number of nitriles is 1. The van der Waals surface area contributed by atoms with Gasteiger partial charge in [-0.05, 0) is 84.3 Å².